The predicted octanol–water partition coefficient (Wildman–Crippen LogP) is 3.51. The van der Waals surface area contributed by atoms with Gasteiger partial charge < -0.3 is 10.4 Å². The summed E-state index contributed by atoms with van der Waals surface area (Å²) in [5, 5.41) is 12.4. The molecule has 0 saturated carbocycles. The van der Waals surface area contributed by atoms with Crippen molar-refractivity contribution < 1.29 is 5.11 Å². The van der Waals surface area contributed by atoms with Crippen molar-refractivity contribution in [3.8, 4) is 0 Å². The van der Waals surface area contributed by atoms with E-state index < -0.39 is 0 Å². The van der Waals surface area contributed by atoms with Gasteiger partial charge in [-0.15, -0.1) is 0 Å². The van der Waals surface area contributed by atoms with Crippen molar-refractivity contribution in [2.45, 2.75) is 32.7 Å². The first kappa shape index (κ1) is 14.7. The number of aliphatic hydroxyl groups is 1. The third-order valence-corrected chi connectivity index (χ3v) is 3.54. The van der Waals surface area contributed by atoms with Crippen LogP contribution in [0.2, 0.25) is 0 Å². The standard InChI is InChI=1S/C14H22BrNO/c1-3-14(16-10-11(2)8-9-17)12-4-6-13(15)7-5-12/h4-7,11,14,16-17H,3,8-10H2,1-2H3. The fraction of sp³-hybridized carbons (Fsp3) is 0.571. The van der Waals surface area contributed by atoms with Gasteiger partial charge in [-0.05, 0) is 43.0 Å². The van der Waals surface area contributed by atoms with Gasteiger partial charge in [0, 0.05) is 17.1 Å². The number of hydrogen-bond donors (Lipinski definition) is 2. The molecule has 0 aromatic heterocycles. The molecule has 2 N–H and O–H groups in total. The summed E-state index contributed by atoms with van der Waals surface area (Å²) < 4.78 is 1.12. The first-order valence-corrected chi connectivity index (χ1v) is 7.06. The van der Waals surface area contributed by atoms with Crippen LogP contribution < -0.4 is 5.32 Å². The third-order valence-electron chi connectivity index (χ3n) is 3.02. The molecule has 17 heavy (non-hydrogen) atoms. The lowest BCUT2D eigenvalue weighted by Gasteiger charge is -2.20. The van der Waals surface area contributed by atoms with Gasteiger partial charge in [-0.3, -0.25) is 0 Å². The Morgan fingerprint density at radius 1 is 1.29 bits per heavy atom. The lowest BCUT2D eigenvalue weighted by atomic mass is 10.0. The van der Waals surface area contributed by atoms with E-state index in [0.717, 1.165) is 23.9 Å². The molecule has 2 nitrogen and oxygen atoms in total. The van der Waals surface area contributed by atoms with Crippen LogP contribution in [0.5, 0.6) is 0 Å². The summed E-state index contributed by atoms with van der Waals surface area (Å²) in [5.41, 5.74) is 1.33. The molecule has 96 valence electrons. The van der Waals surface area contributed by atoms with Crippen LogP contribution in [0.25, 0.3) is 0 Å². The lowest BCUT2D eigenvalue weighted by molar-refractivity contribution is 0.257. The largest absolute Gasteiger partial charge is 0.396 e. The van der Waals surface area contributed by atoms with Gasteiger partial charge in [0.05, 0.1) is 0 Å². The average molecular weight is 300 g/mol. The Hall–Kier alpha value is -0.380. The van der Waals surface area contributed by atoms with Crippen LogP contribution in [-0.4, -0.2) is 18.3 Å². The first-order chi connectivity index (χ1) is 8.17. The summed E-state index contributed by atoms with van der Waals surface area (Å²) in [7, 11) is 0. The minimum absolute atomic E-state index is 0.276. The fourth-order valence-corrected chi connectivity index (χ4v) is 2.12. The zero-order valence-corrected chi connectivity index (χ0v) is 12.2. The maximum absolute atomic E-state index is 8.87. The second kappa shape index (κ2) is 7.85. The van der Waals surface area contributed by atoms with E-state index in [9.17, 15) is 0 Å². The normalized spacial score (nSPS) is 14.6. The van der Waals surface area contributed by atoms with Crippen molar-refractivity contribution in [2.75, 3.05) is 13.2 Å². The molecule has 2 unspecified atom stereocenters. The second-order valence-electron chi connectivity index (χ2n) is 4.54. The molecule has 0 fully saturated rings. The maximum Gasteiger partial charge on any atom is 0.0434 e. The Bertz CT molecular complexity index is 313. The zero-order chi connectivity index (χ0) is 12.7. The summed E-state index contributed by atoms with van der Waals surface area (Å²) in [6.45, 7) is 5.58. The lowest BCUT2D eigenvalue weighted by Crippen LogP contribution is -2.26. The summed E-state index contributed by atoms with van der Waals surface area (Å²) >= 11 is 3.45. The summed E-state index contributed by atoms with van der Waals surface area (Å²) in [5.74, 6) is 0.518. The Balaban J connectivity index is 2.51. The Labute approximate surface area is 113 Å². The third kappa shape index (κ3) is 5.19. The minimum Gasteiger partial charge on any atom is -0.396 e. The number of benzene rings is 1. The molecule has 0 amide bonds. The van der Waals surface area contributed by atoms with Crippen LogP contribution in [-0.2, 0) is 0 Å². The van der Waals surface area contributed by atoms with Gasteiger partial charge in [0.2, 0.25) is 0 Å². The number of rotatable bonds is 7. The van der Waals surface area contributed by atoms with Crippen molar-refractivity contribution >= 4 is 15.9 Å². The van der Waals surface area contributed by atoms with Crippen LogP contribution in [0.4, 0.5) is 0 Å². The molecule has 0 heterocycles. The summed E-state index contributed by atoms with van der Waals surface area (Å²) in [4.78, 5) is 0. The van der Waals surface area contributed by atoms with Crippen LogP contribution in [0.15, 0.2) is 28.7 Å². The molecule has 0 aliphatic heterocycles. The number of aliphatic hydroxyl groups excluding tert-OH is 1. The molecule has 1 aromatic rings. The molecule has 1 aromatic carbocycles. The molecule has 0 radical (unpaired) electrons. The van der Waals surface area contributed by atoms with E-state index in [1.165, 1.54) is 5.56 Å². The Kier molecular flexibility index (Phi) is 6.78. The summed E-state index contributed by atoms with van der Waals surface area (Å²) in [6.07, 6.45) is 1.94. The van der Waals surface area contributed by atoms with Crippen molar-refractivity contribution in [1.29, 1.82) is 0 Å². The first-order valence-electron chi connectivity index (χ1n) is 6.27. The molecule has 0 aliphatic rings. The molecule has 0 bridgehead atoms. The van der Waals surface area contributed by atoms with Crippen molar-refractivity contribution in [2.24, 2.45) is 5.92 Å². The monoisotopic (exact) mass is 299 g/mol. The van der Waals surface area contributed by atoms with Gasteiger partial charge in [0.25, 0.3) is 0 Å². The van der Waals surface area contributed by atoms with Gasteiger partial charge in [-0.1, -0.05) is 41.9 Å². The second-order valence-corrected chi connectivity index (χ2v) is 5.45. The molecule has 0 aliphatic carbocycles. The highest BCUT2D eigenvalue weighted by molar-refractivity contribution is 9.10. The van der Waals surface area contributed by atoms with Crippen molar-refractivity contribution in [1.82, 2.24) is 5.32 Å². The van der Waals surface area contributed by atoms with E-state index in [1.807, 2.05) is 0 Å². The van der Waals surface area contributed by atoms with Crippen LogP contribution in [0, 0.1) is 5.92 Å². The van der Waals surface area contributed by atoms with Crippen molar-refractivity contribution in [3.63, 3.8) is 0 Å². The number of nitrogens with one attached hydrogen (secondary N) is 1. The molecular formula is C14H22BrNO. The van der Waals surface area contributed by atoms with Gasteiger partial charge in [-0.2, -0.15) is 0 Å². The zero-order valence-electron chi connectivity index (χ0n) is 10.6. The van der Waals surface area contributed by atoms with E-state index in [-0.39, 0.29) is 6.61 Å². The van der Waals surface area contributed by atoms with E-state index in [2.05, 4.69) is 59.4 Å². The molecule has 1 rings (SSSR count). The van der Waals surface area contributed by atoms with Crippen molar-refractivity contribution in [3.05, 3.63) is 34.3 Å². The molecular weight excluding hydrogens is 278 g/mol. The quantitative estimate of drug-likeness (QED) is 0.807. The highest BCUT2D eigenvalue weighted by atomic mass is 79.9. The van der Waals surface area contributed by atoms with Gasteiger partial charge in [-0.25, -0.2) is 0 Å². The number of halogens is 1. The minimum atomic E-state index is 0.276. The highest BCUT2D eigenvalue weighted by Crippen LogP contribution is 2.19. The fourth-order valence-electron chi connectivity index (χ4n) is 1.86. The maximum atomic E-state index is 8.87. The van der Waals surface area contributed by atoms with Crippen LogP contribution >= 0.6 is 15.9 Å². The molecule has 3 heteroatoms. The van der Waals surface area contributed by atoms with E-state index in [0.29, 0.717) is 12.0 Å². The topological polar surface area (TPSA) is 32.3 Å². The van der Waals surface area contributed by atoms with Gasteiger partial charge >= 0.3 is 0 Å². The Morgan fingerprint density at radius 3 is 2.47 bits per heavy atom. The molecule has 0 saturated heterocycles. The van der Waals surface area contributed by atoms with Gasteiger partial charge in [0.1, 0.15) is 0 Å². The average Bonchev–Trinajstić information content (AvgIpc) is 2.32. The van der Waals surface area contributed by atoms with E-state index >= 15 is 0 Å². The Morgan fingerprint density at radius 2 is 1.94 bits per heavy atom. The van der Waals surface area contributed by atoms with E-state index in [4.69, 9.17) is 5.11 Å². The summed E-state index contributed by atoms with van der Waals surface area (Å²) in [6, 6.07) is 8.88. The predicted molar refractivity (Wildman–Crippen MR) is 76.0 cm³/mol. The van der Waals surface area contributed by atoms with E-state index in [1.54, 1.807) is 0 Å². The SMILES string of the molecule is CCC(NCC(C)CCO)c1ccc(Br)cc1. The molecule has 2 atom stereocenters. The van der Waals surface area contributed by atoms with Crippen LogP contribution in [0.1, 0.15) is 38.3 Å². The number of hydrogen-bond acceptors (Lipinski definition) is 2. The van der Waals surface area contributed by atoms with Gasteiger partial charge in [0.15, 0.2) is 0 Å². The smallest absolute Gasteiger partial charge is 0.0434 e. The highest BCUT2D eigenvalue weighted by Gasteiger charge is 2.10. The molecule has 0 spiro atoms. The van der Waals surface area contributed by atoms with Crippen LogP contribution in [0.3, 0.4) is 0 Å².